The molecule has 0 saturated carbocycles. The van der Waals surface area contributed by atoms with Crippen molar-refractivity contribution in [3.8, 4) is 0 Å². The summed E-state index contributed by atoms with van der Waals surface area (Å²) in [4.78, 5) is 38.7. The molecule has 0 bridgehead atoms. The van der Waals surface area contributed by atoms with Crippen molar-refractivity contribution >= 4 is 23.6 Å². The topological polar surface area (TPSA) is 68.4 Å². The molecule has 1 aromatic carbocycles. The number of hydrogen-bond acceptors (Lipinski definition) is 6. The van der Waals surface area contributed by atoms with Crippen LogP contribution in [0.3, 0.4) is 0 Å². The van der Waals surface area contributed by atoms with Crippen LogP contribution in [0.1, 0.15) is 43.2 Å². The average molecular weight is 506 g/mol. The van der Waals surface area contributed by atoms with E-state index < -0.39 is 12.1 Å². The van der Waals surface area contributed by atoms with Crippen LogP contribution in [0, 0.1) is 6.92 Å². The molecule has 2 amide bonds. The standard InChI is InChI=1S/C26H40ClN5O3/c1-20-18-21(6-7-23(20)27)19-24(28-26(34)35-32-10-4-3-5-11-32)25(33)31-12-8-22(9-13-31)30-16-14-29(2)15-17-30/h6-7,18,22,24H,3-5,8-17,19H2,1-2H3,(H,28,34). The number of benzene rings is 1. The lowest BCUT2D eigenvalue weighted by atomic mass is 9.99. The maximum atomic E-state index is 13.6. The molecule has 1 aromatic rings. The number of carbonyl (C=O) groups is 2. The van der Waals surface area contributed by atoms with E-state index in [1.807, 2.05) is 30.0 Å². The number of likely N-dealkylation sites (tertiary alicyclic amines) is 1. The third-order valence-electron chi connectivity index (χ3n) is 7.61. The molecular weight excluding hydrogens is 466 g/mol. The van der Waals surface area contributed by atoms with Gasteiger partial charge in [0.2, 0.25) is 5.91 Å². The van der Waals surface area contributed by atoms with E-state index in [0.717, 1.165) is 95.6 Å². The molecule has 3 fully saturated rings. The number of nitrogens with one attached hydrogen (secondary N) is 1. The van der Waals surface area contributed by atoms with Crippen LogP contribution in [0.5, 0.6) is 0 Å². The second-order valence-electron chi connectivity index (χ2n) is 10.2. The highest BCUT2D eigenvalue weighted by Gasteiger charge is 2.33. The zero-order chi connectivity index (χ0) is 24.8. The molecule has 0 radical (unpaired) electrons. The van der Waals surface area contributed by atoms with E-state index in [1.54, 1.807) is 5.06 Å². The zero-order valence-electron chi connectivity index (χ0n) is 21.2. The molecule has 194 valence electrons. The molecular formula is C26H40ClN5O3. The van der Waals surface area contributed by atoms with Gasteiger partial charge >= 0.3 is 6.09 Å². The molecule has 0 spiro atoms. The quantitative estimate of drug-likeness (QED) is 0.641. The fraction of sp³-hybridized carbons (Fsp3) is 0.692. The molecule has 1 atom stereocenters. The molecule has 8 nitrogen and oxygen atoms in total. The van der Waals surface area contributed by atoms with Gasteiger partial charge in [-0.2, -0.15) is 0 Å². The van der Waals surface area contributed by atoms with Gasteiger partial charge in [0.15, 0.2) is 0 Å². The number of likely N-dealkylation sites (N-methyl/N-ethyl adjacent to an activating group) is 1. The van der Waals surface area contributed by atoms with Crippen molar-refractivity contribution in [3.63, 3.8) is 0 Å². The van der Waals surface area contributed by atoms with E-state index in [1.165, 1.54) is 0 Å². The number of piperidine rings is 2. The van der Waals surface area contributed by atoms with Gasteiger partial charge in [0.05, 0.1) is 0 Å². The summed E-state index contributed by atoms with van der Waals surface area (Å²) in [5.74, 6) is -0.0370. The summed E-state index contributed by atoms with van der Waals surface area (Å²) in [5.41, 5.74) is 1.93. The van der Waals surface area contributed by atoms with Crippen LogP contribution >= 0.6 is 11.6 Å². The van der Waals surface area contributed by atoms with E-state index >= 15 is 0 Å². The summed E-state index contributed by atoms with van der Waals surface area (Å²) in [6, 6.07) is 5.61. The third kappa shape index (κ3) is 7.32. The summed E-state index contributed by atoms with van der Waals surface area (Å²) in [7, 11) is 2.17. The van der Waals surface area contributed by atoms with Gasteiger partial charge in [0.1, 0.15) is 6.04 Å². The normalized spacial score (nSPS) is 22.1. The SMILES string of the molecule is Cc1cc(CC(NC(=O)ON2CCCCC2)C(=O)N2CCC(N3CCN(C)CC3)CC2)ccc1Cl. The van der Waals surface area contributed by atoms with Crippen LogP contribution in [-0.2, 0) is 16.1 Å². The first-order chi connectivity index (χ1) is 16.9. The van der Waals surface area contributed by atoms with Gasteiger partial charge in [-0.3, -0.25) is 9.69 Å². The van der Waals surface area contributed by atoms with Gasteiger partial charge in [-0.25, -0.2) is 4.79 Å². The molecule has 3 aliphatic heterocycles. The molecule has 3 aliphatic rings. The van der Waals surface area contributed by atoms with Gasteiger partial charge in [-0.15, -0.1) is 5.06 Å². The molecule has 1 unspecified atom stereocenters. The number of amides is 2. The first kappa shape index (κ1) is 26.2. The Morgan fingerprint density at radius 1 is 1.03 bits per heavy atom. The summed E-state index contributed by atoms with van der Waals surface area (Å²) in [6.07, 6.45) is 4.99. The number of rotatable bonds is 6. The second-order valence-corrected chi connectivity index (χ2v) is 10.7. The average Bonchev–Trinajstić information content (AvgIpc) is 2.86. The van der Waals surface area contributed by atoms with Gasteiger partial charge in [-0.05, 0) is 56.8 Å². The highest BCUT2D eigenvalue weighted by atomic mass is 35.5. The van der Waals surface area contributed by atoms with Crippen LogP contribution in [0.25, 0.3) is 0 Å². The monoisotopic (exact) mass is 505 g/mol. The molecule has 3 saturated heterocycles. The second kappa shape index (κ2) is 12.4. The van der Waals surface area contributed by atoms with Crippen LogP contribution in [0.4, 0.5) is 4.79 Å². The lowest BCUT2D eigenvalue weighted by molar-refractivity contribution is -0.136. The summed E-state index contributed by atoms with van der Waals surface area (Å²) < 4.78 is 0. The van der Waals surface area contributed by atoms with E-state index in [2.05, 4.69) is 22.2 Å². The molecule has 0 aliphatic carbocycles. The van der Waals surface area contributed by atoms with Crippen molar-refractivity contribution in [1.82, 2.24) is 25.1 Å². The minimum atomic E-state index is -0.673. The Kier molecular flexibility index (Phi) is 9.27. The lowest BCUT2D eigenvalue weighted by Gasteiger charge is -2.42. The Balaban J connectivity index is 1.38. The predicted octanol–water partition coefficient (Wildman–Crippen LogP) is 2.93. The lowest BCUT2D eigenvalue weighted by Crippen LogP contribution is -2.56. The van der Waals surface area contributed by atoms with Gasteiger partial charge in [0.25, 0.3) is 0 Å². The van der Waals surface area contributed by atoms with Gasteiger partial charge in [-0.1, -0.05) is 30.2 Å². The summed E-state index contributed by atoms with van der Waals surface area (Å²) >= 11 is 6.20. The first-order valence-electron chi connectivity index (χ1n) is 13.1. The van der Waals surface area contributed by atoms with E-state index in [9.17, 15) is 9.59 Å². The molecule has 1 N–H and O–H groups in total. The number of carbonyl (C=O) groups excluding carboxylic acids is 2. The highest BCUT2D eigenvalue weighted by Crippen LogP contribution is 2.21. The first-order valence-corrected chi connectivity index (χ1v) is 13.5. The Morgan fingerprint density at radius 3 is 2.37 bits per heavy atom. The van der Waals surface area contributed by atoms with E-state index in [4.69, 9.17) is 16.4 Å². The van der Waals surface area contributed by atoms with E-state index in [0.29, 0.717) is 17.5 Å². The molecule has 4 rings (SSSR count). The molecule has 3 heterocycles. The number of hydrogen-bond donors (Lipinski definition) is 1. The maximum Gasteiger partial charge on any atom is 0.426 e. The molecule has 9 heteroatoms. The van der Waals surface area contributed by atoms with Crippen molar-refractivity contribution in [2.45, 2.75) is 57.5 Å². The van der Waals surface area contributed by atoms with Gasteiger partial charge in [0, 0.05) is 69.8 Å². The van der Waals surface area contributed by atoms with Crippen molar-refractivity contribution in [2.75, 3.05) is 59.4 Å². The summed E-state index contributed by atoms with van der Waals surface area (Å²) in [5, 5.41) is 5.28. The number of hydroxylamine groups is 2. The minimum Gasteiger partial charge on any atom is -0.351 e. The van der Waals surface area contributed by atoms with Crippen LogP contribution in [-0.4, -0.2) is 103 Å². The third-order valence-corrected chi connectivity index (χ3v) is 8.03. The zero-order valence-corrected chi connectivity index (χ0v) is 21.9. The number of piperazine rings is 1. The number of aryl methyl sites for hydroxylation is 1. The van der Waals surface area contributed by atoms with Crippen LogP contribution < -0.4 is 5.32 Å². The molecule has 35 heavy (non-hydrogen) atoms. The van der Waals surface area contributed by atoms with Crippen molar-refractivity contribution in [2.24, 2.45) is 0 Å². The maximum absolute atomic E-state index is 13.6. The van der Waals surface area contributed by atoms with Gasteiger partial charge < -0.3 is 20.0 Å². The van der Waals surface area contributed by atoms with Crippen LogP contribution in [0.2, 0.25) is 5.02 Å². The minimum absolute atomic E-state index is 0.0370. The number of halogens is 1. The number of nitrogens with zero attached hydrogens (tertiary/aromatic N) is 4. The Labute approximate surface area is 214 Å². The smallest absolute Gasteiger partial charge is 0.351 e. The van der Waals surface area contributed by atoms with Crippen LogP contribution in [0.15, 0.2) is 18.2 Å². The highest BCUT2D eigenvalue weighted by molar-refractivity contribution is 6.31. The predicted molar refractivity (Wildman–Crippen MR) is 137 cm³/mol. The van der Waals surface area contributed by atoms with Crippen molar-refractivity contribution in [1.29, 1.82) is 0 Å². The Morgan fingerprint density at radius 2 is 1.71 bits per heavy atom. The summed E-state index contributed by atoms with van der Waals surface area (Å²) in [6.45, 7) is 9.25. The van der Waals surface area contributed by atoms with Crippen molar-refractivity contribution in [3.05, 3.63) is 34.3 Å². The van der Waals surface area contributed by atoms with E-state index in [-0.39, 0.29) is 5.91 Å². The van der Waals surface area contributed by atoms with Crippen molar-refractivity contribution < 1.29 is 14.4 Å². The molecule has 0 aromatic heterocycles. The fourth-order valence-corrected chi connectivity index (χ4v) is 5.49. The Bertz CT molecular complexity index is 863. The Hall–Kier alpha value is -1.87. The fourth-order valence-electron chi connectivity index (χ4n) is 5.37. The largest absolute Gasteiger partial charge is 0.426 e.